The SMILES string of the molecule is COc1ccnc(-c2c(C)cccc2C)c1. The van der Waals surface area contributed by atoms with Crippen LogP contribution in [-0.2, 0) is 0 Å². The number of methoxy groups -OCH3 is 1. The van der Waals surface area contributed by atoms with E-state index in [9.17, 15) is 0 Å². The molecule has 0 atom stereocenters. The molecule has 2 nitrogen and oxygen atoms in total. The van der Waals surface area contributed by atoms with Gasteiger partial charge in [-0.25, -0.2) is 0 Å². The molecule has 1 heterocycles. The number of hydrogen-bond acceptors (Lipinski definition) is 2. The summed E-state index contributed by atoms with van der Waals surface area (Å²) < 4.78 is 5.22. The third kappa shape index (κ3) is 1.91. The molecule has 0 N–H and O–H groups in total. The van der Waals surface area contributed by atoms with Crippen LogP contribution < -0.4 is 4.74 Å². The molecule has 0 spiro atoms. The predicted octanol–water partition coefficient (Wildman–Crippen LogP) is 3.37. The molecule has 0 radical (unpaired) electrons. The molecular weight excluding hydrogens is 198 g/mol. The van der Waals surface area contributed by atoms with Crippen LogP contribution in [-0.4, -0.2) is 12.1 Å². The van der Waals surface area contributed by atoms with Crippen LogP contribution in [0.25, 0.3) is 11.3 Å². The Kier molecular flexibility index (Phi) is 2.91. The van der Waals surface area contributed by atoms with Gasteiger partial charge in [-0.2, -0.15) is 0 Å². The summed E-state index contributed by atoms with van der Waals surface area (Å²) in [7, 11) is 1.67. The molecule has 16 heavy (non-hydrogen) atoms. The summed E-state index contributed by atoms with van der Waals surface area (Å²) in [6.07, 6.45) is 1.78. The molecule has 82 valence electrons. The minimum Gasteiger partial charge on any atom is -0.497 e. The van der Waals surface area contributed by atoms with Gasteiger partial charge in [-0.15, -0.1) is 0 Å². The first-order valence-corrected chi connectivity index (χ1v) is 5.29. The molecule has 0 saturated carbocycles. The molecule has 2 aromatic rings. The fraction of sp³-hybridized carbons (Fsp3) is 0.214. The van der Waals surface area contributed by atoms with Crippen molar-refractivity contribution in [2.45, 2.75) is 13.8 Å². The number of ether oxygens (including phenoxy) is 1. The zero-order chi connectivity index (χ0) is 11.5. The fourth-order valence-corrected chi connectivity index (χ4v) is 1.89. The van der Waals surface area contributed by atoms with E-state index in [1.807, 2.05) is 12.1 Å². The highest BCUT2D eigenvalue weighted by atomic mass is 16.5. The quantitative estimate of drug-likeness (QED) is 0.763. The van der Waals surface area contributed by atoms with Crippen molar-refractivity contribution in [3.63, 3.8) is 0 Å². The Hall–Kier alpha value is -1.83. The van der Waals surface area contributed by atoms with Crippen molar-refractivity contribution in [3.8, 4) is 17.0 Å². The largest absolute Gasteiger partial charge is 0.497 e. The highest BCUT2D eigenvalue weighted by molar-refractivity contribution is 5.68. The van der Waals surface area contributed by atoms with E-state index in [0.29, 0.717) is 0 Å². The molecule has 0 unspecified atom stereocenters. The summed E-state index contributed by atoms with van der Waals surface area (Å²) >= 11 is 0. The molecule has 0 bridgehead atoms. The Morgan fingerprint density at radius 1 is 1.06 bits per heavy atom. The van der Waals surface area contributed by atoms with Crippen molar-refractivity contribution >= 4 is 0 Å². The van der Waals surface area contributed by atoms with Crippen molar-refractivity contribution in [2.24, 2.45) is 0 Å². The number of aryl methyl sites for hydroxylation is 2. The third-order valence-corrected chi connectivity index (χ3v) is 2.70. The van der Waals surface area contributed by atoms with Crippen LogP contribution in [0.15, 0.2) is 36.5 Å². The van der Waals surface area contributed by atoms with E-state index in [0.717, 1.165) is 11.4 Å². The lowest BCUT2D eigenvalue weighted by Crippen LogP contribution is -1.92. The Balaban J connectivity index is 2.58. The van der Waals surface area contributed by atoms with Gasteiger partial charge < -0.3 is 4.74 Å². The van der Waals surface area contributed by atoms with Gasteiger partial charge in [-0.3, -0.25) is 4.98 Å². The standard InChI is InChI=1S/C14H15NO/c1-10-5-4-6-11(2)14(10)13-9-12(16-3)7-8-15-13/h4-9H,1-3H3. The highest BCUT2D eigenvalue weighted by Gasteiger charge is 2.07. The van der Waals surface area contributed by atoms with Gasteiger partial charge in [0.25, 0.3) is 0 Å². The third-order valence-electron chi connectivity index (χ3n) is 2.70. The monoisotopic (exact) mass is 213 g/mol. The lowest BCUT2D eigenvalue weighted by atomic mass is 9.99. The van der Waals surface area contributed by atoms with Gasteiger partial charge in [0.05, 0.1) is 12.8 Å². The molecule has 1 aromatic heterocycles. The van der Waals surface area contributed by atoms with E-state index < -0.39 is 0 Å². The number of benzene rings is 1. The van der Waals surface area contributed by atoms with Crippen LogP contribution in [0.2, 0.25) is 0 Å². The highest BCUT2D eigenvalue weighted by Crippen LogP contribution is 2.27. The minimum atomic E-state index is 0.840. The normalized spacial score (nSPS) is 10.2. The van der Waals surface area contributed by atoms with Crippen LogP contribution >= 0.6 is 0 Å². The van der Waals surface area contributed by atoms with Crippen molar-refractivity contribution in [1.82, 2.24) is 4.98 Å². The van der Waals surface area contributed by atoms with Gasteiger partial charge in [0.15, 0.2) is 0 Å². The summed E-state index contributed by atoms with van der Waals surface area (Å²) in [4.78, 5) is 4.40. The second-order valence-corrected chi connectivity index (χ2v) is 3.85. The number of rotatable bonds is 2. The van der Waals surface area contributed by atoms with Gasteiger partial charge in [-0.05, 0) is 31.0 Å². The average Bonchev–Trinajstić information content (AvgIpc) is 2.29. The van der Waals surface area contributed by atoms with Gasteiger partial charge in [0, 0.05) is 17.8 Å². The maximum Gasteiger partial charge on any atom is 0.122 e. The average molecular weight is 213 g/mol. The minimum absolute atomic E-state index is 0.840. The van der Waals surface area contributed by atoms with Gasteiger partial charge in [0.2, 0.25) is 0 Å². The van der Waals surface area contributed by atoms with E-state index in [-0.39, 0.29) is 0 Å². The van der Waals surface area contributed by atoms with Gasteiger partial charge in [0.1, 0.15) is 5.75 Å². The molecule has 2 rings (SSSR count). The predicted molar refractivity (Wildman–Crippen MR) is 65.7 cm³/mol. The van der Waals surface area contributed by atoms with Crippen LogP contribution in [0.1, 0.15) is 11.1 Å². The first kappa shape index (κ1) is 10.7. The molecule has 0 fully saturated rings. The summed E-state index contributed by atoms with van der Waals surface area (Å²) in [5, 5.41) is 0. The molecule has 0 amide bonds. The van der Waals surface area contributed by atoms with E-state index in [2.05, 4.69) is 37.0 Å². The maximum absolute atomic E-state index is 5.22. The van der Waals surface area contributed by atoms with Gasteiger partial charge in [-0.1, -0.05) is 18.2 Å². The lowest BCUT2D eigenvalue weighted by Gasteiger charge is -2.09. The summed E-state index contributed by atoms with van der Waals surface area (Å²) in [5.41, 5.74) is 4.64. The Labute approximate surface area is 95.9 Å². The summed E-state index contributed by atoms with van der Waals surface area (Å²) in [6.45, 7) is 4.20. The first-order chi connectivity index (χ1) is 7.72. The number of aromatic nitrogens is 1. The zero-order valence-corrected chi connectivity index (χ0v) is 9.82. The van der Waals surface area contributed by atoms with Gasteiger partial charge >= 0.3 is 0 Å². The molecule has 0 aliphatic rings. The summed E-state index contributed by atoms with van der Waals surface area (Å²) in [6, 6.07) is 10.1. The Bertz CT molecular complexity index is 486. The number of nitrogens with zero attached hydrogens (tertiary/aromatic N) is 1. The molecule has 1 aromatic carbocycles. The van der Waals surface area contributed by atoms with Crippen molar-refractivity contribution in [3.05, 3.63) is 47.7 Å². The molecular formula is C14H15NO. The number of hydrogen-bond donors (Lipinski definition) is 0. The Morgan fingerprint density at radius 2 is 1.75 bits per heavy atom. The molecule has 0 aliphatic carbocycles. The van der Waals surface area contributed by atoms with E-state index >= 15 is 0 Å². The van der Waals surface area contributed by atoms with E-state index in [1.165, 1.54) is 16.7 Å². The lowest BCUT2D eigenvalue weighted by molar-refractivity contribution is 0.414. The van der Waals surface area contributed by atoms with E-state index in [1.54, 1.807) is 13.3 Å². The molecule has 2 heteroatoms. The smallest absolute Gasteiger partial charge is 0.122 e. The summed E-state index contributed by atoms with van der Waals surface area (Å²) in [5.74, 6) is 0.840. The molecule has 0 saturated heterocycles. The maximum atomic E-state index is 5.22. The topological polar surface area (TPSA) is 22.1 Å². The zero-order valence-electron chi connectivity index (χ0n) is 9.82. The van der Waals surface area contributed by atoms with Crippen LogP contribution in [0, 0.1) is 13.8 Å². The van der Waals surface area contributed by atoms with Crippen molar-refractivity contribution in [1.29, 1.82) is 0 Å². The van der Waals surface area contributed by atoms with Crippen molar-refractivity contribution < 1.29 is 4.74 Å². The van der Waals surface area contributed by atoms with Crippen LogP contribution in [0.3, 0.4) is 0 Å². The second-order valence-electron chi connectivity index (χ2n) is 3.85. The van der Waals surface area contributed by atoms with E-state index in [4.69, 9.17) is 4.74 Å². The number of pyridine rings is 1. The van der Waals surface area contributed by atoms with Crippen molar-refractivity contribution in [2.75, 3.05) is 7.11 Å². The second kappa shape index (κ2) is 4.35. The van der Waals surface area contributed by atoms with Crippen LogP contribution in [0.5, 0.6) is 5.75 Å². The van der Waals surface area contributed by atoms with Crippen LogP contribution in [0.4, 0.5) is 0 Å². The fourth-order valence-electron chi connectivity index (χ4n) is 1.89. The molecule has 0 aliphatic heterocycles. The Morgan fingerprint density at radius 3 is 2.38 bits per heavy atom. The first-order valence-electron chi connectivity index (χ1n) is 5.29.